The van der Waals surface area contributed by atoms with Crippen LogP contribution in [0, 0.1) is 0 Å². The van der Waals surface area contributed by atoms with Crippen molar-refractivity contribution in [2.45, 2.75) is 38.0 Å². The van der Waals surface area contributed by atoms with Crippen LogP contribution in [0.5, 0.6) is 0 Å². The Balaban J connectivity index is 1.46. The number of rotatable bonds is 4. The number of H-pyrrole nitrogens is 1. The maximum Gasteiger partial charge on any atom is 0.439 e. The molecule has 27 heavy (non-hydrogen) atoms. The van der Waals surface area contributed by atoms with Crippen LogP contribution in [0.1, 0.15) is 53.9 Å². The van der Waals surface area contributed by atoms with Gasteiger partial charge in [0.05, 0.1) is 0 Å². The smallest absolute Gasteiger partial charge is 0.322 e. The molecule has 0 saturated heterocycles. The quantitative estimate of drug-likeness (QED) is 0.722. The molecule has 1 aliphatic rings. The van der Waals surface area contributed by atoms with Crippen LogP contribution in [0.3, 0.4) is 0 Å². The highest BCUT2D eigenvalue weighted by molar-refractivity contribution is 6.04. The van der Waals surface area contributed by atoms with E-state index in [2.05, 4.69) is 32.1 Å². The molecule has 138 valence electrons. The lowest BCUT2D eigenvalue weighted by Gasteiger charge is -2.22. The van der Waals surface area contributed by atoms with E-state index in [1.165, 1.54) is 37.7 Å². The van der Waals surface area contributed by atoms with Gasteiger partial charge in [0.25, 0.3) is 5.91 Å². The van der Waals surface area contributed by atoms with E-state index in [0.717, 1.165) is 0 Å². The highest BCUT2D eigenvalue weighted by Crippen LogP contribution is 2.32. The van der Waals surface area contributed by atoms with Gasteiger partial charge in [0.2, 0.25) is 0 Å². The lowest BCUT2D eigenvalue weighted by atomic mass is 9.84. The standard InChI is InChI=1S/C21H21N3O3/c25-20(16-11-9-15(10-12-16)14-5-2-1-3-6-14)22-18-8-4-7-17(13-18)19-23-21(26)27-24-19/h4,7-14H,1-3,5-6H2,(H,22,25)(H,23,24,26). The van der Waals surface area contributed by atoms with Crippen LogP contribution >= 0.6 is 0 Å². The van der Waals surface area contributed by atoms with Gasteiger partial charge in [-0.2, -0.15) is 0 Å². The van der Waals surface area contributed by atoms with Crippen LogP contribution in [0.15, 0.2) is 57.8 Å². The Morgan fingerprint density at radius 1 is 1.07 bits per heavy atom. The van der Waals surface area contributed by atoms with Gasteiger partial charge >= 0.3 is 5.76 Å². The number of amides is 1. The third-order valence-electron chi connectivity index (χ3n) is 5.08. The van der Waals surface area contributed by atoms with Crippen LogP contribution in [-0.4, -0.2) is 16.0 Å². The number of hydrogen-bond donors (Lipinski definition) is 2. The normalized spacial score (nSPS) is 14.8. The molecule has 0 unspecified atom stereocenters. The lowest BCUT2D eigenvalue weighted by Crippen LogP contribution is -2.12. The summed E-state index contributed by atoms with van der Waals surface area (Å²) in [5, 5.41) is 6.55. The maximum absolute atomic E-state index is 12.6. The number of anilines is 1. The first kappa shape index (κ1) is 17.3. The van der Waals surface area contributed by atoms with E-state index in [0.29, 0.717) is 28.6 Å². The lowest BCUT2D eigenvalue weighted by molar-refractivity contribution is 0.102. The van der Waals surface area contributed by atoms with Crippen molar-refractivity contribution in [2.24, 2.45) is 0 Å². The maximum atomic E-state index is 12.6. The zero-order valence-corrected chi connectivity index (χ0v) is 14.9. The average Bonchev–Trinajstić information content (AvgIpc) is 3.15. The highest BCUT2D eigenvalue weighted by Gasteiger charge is 2.16. The molecule has 1 aromatic heterocycles. The Morgan fingerprint density at radius 2 is 1.85 bits per heavy atom. The number of carbonyl (C=O) groups excluding carboxylic acids is 1. The van der Waals surface area contributed by atoms with Crippen molar-refractivity contribution < 1.29 is 9.32 Å². The average molecular weight is 363 g/mol. The van der Waals surface area contributed by atoms with Crippen molar-refractivity contribution in [1.29, 1.82) is 0 Å². The van der Waals surface area contributed by atoms with Gasteiger partial charge < -0.3 is 5.32 Å². The van der Waals surface area contributed by atoms with E-state index in [9.17, 15) is 9.59 Å². The third-order valence-corrected chi connectivity index (χ3v) is 5.08. The Labute approximate surface area is 156 Å². The van der Waals surface area contributed by atoms with Gasteiger partial charge in [-0.1, -0.05) is 48.7 Å². The fraction of sp³-hybridized carbons (Fsp3) is 0.286. The van der Waals surface area contributed by atoms with Crippen LogP contribution in [-0.2, 0) is 0 Å². The molecule has 0 spiro atoms. The van der Waals surface area contributed by atoms with E-state index in [1.54, 1.807) is 24.3 Å². The molecule has 0 atom stereocenters. The fourth-order valence-electron chi connectivity index (χ4n) is 3.64. The van der Waals surface area contributed by atoms with Crippen LogP contribution in [0.25, 0.3) is 11.4 Å². The molecule has 4 rings (SSSR count). The van der Waals surface area contributed by atoms with Gasteiger partial charge in [0.1, 0.15) is 0 Å². The van der Waals surface area contributed by atoms with E-state index in [1.807, 2.05) is 12.1 Å². The summed E-state index contributed by atoms with van der Waals surface area (Å²) >= 11 is 0. The minimum atomic E-state index is -0.613. The van der Waals surface area contributed by atoms with E-state index >= 15 is 0 Å². The van der Waals surface area contributed by atoms with Gasteiger partial charge in [-0.05, 0) is 48.6 Å². The zero-order chi connectivity index (χ0) is 18.6. The molecular weight excluding hydrogens is 342 g/mol. The largest absolute Gasteiger partial charge is 0.439 e. The Bertz CT molecular complexity index is 982. The molecule has 1 heterocycles. The van der Waals surface area contributed by atoms with Gasteiger partial charge in [0.15, 0.2) is 5.82 Å². The van der Waals surface area contributed by atoms with Crippen molar-refractivity contribution in [2.75, 3.05) is 5.32 Å². The van der Waals surface area contributed by atoms with Gasteiger partial charge in [-0.15, -0.1) is 0 Å². The molecule has 1 amide bonds. The van der Waals surface area contributed by atoms with Crippen LogP contribution in [0.2, 0.25) is 0 Å². The summed E-state index contributed by atoms with van der Waals surface area (Å²) in [5.41, 5.74) is 3.22. The molecule has 1 saturated carbocycles. The van der Waals surface area contributed by atoms with Crippen molar-refractivity contribution in [3.8, 4) is 11.4 Å². The second-order valence-corrected chi connectivity index (χ2v) is 6.94. The summed E-state index contributed by atoms with van der Waals surface area (Å²) in [6.07, 6.45) is 6.39. The molecular formula is C21H21N3O3. The number of hydrogen-bond acceptors (Lipinski definition) is 4. The molecule has 1 aliphatic carbocycles. The minimum Gasteiger partial charge on any atom is -0.322 e. The van der Waals surface area contributed by atoms with Gasteiger partial charge in [-0.3, -0.25) is 14.3 Å². The predicted molar refractivity (Wildman–Crippen MR) is 103 cm³/mol. The second-order valence-electron chi connectivity index (χ2n) is 6.94. The first-order valence-corrected chi connectivity index (χ1v) is 9.27. The molecule has 0 radical (unpaired) electrons. The molecule has 2 aromatic carbocycles. The summed E-state index contributed by atoms with van der Waals surface area (Å²) in [7, 11) is 0. The predicted octanol–water partition coefficient (Wildman–Crippen LogP) is 4.33. The molecule has 0 aliphatic heterocycles. The first-order valence-electron chi connectivity index (χ1n) is 9.27. The van der Waals surface area contributed by atoms with Crippen LogP contribution in [0.4, 0.5) is 5.69 Å². The number of nitrogens with one attached hydrogen (secondary N) is 2. The molecule has 1 fully saturated rings. The Hall–Kier alpha value is -3.15. The van der Waals surface area contributed by atoms with Crippen LogP contribution < -0.4 is 11.1 Å². The summed E-state index contributed by atoms with van der Waals surface area (Å²) in [5.74, 6) is 0.165. The number of nitrogens with zero attached hydrogens (tertiary/aromatic N) is 1. The van der Waals surface area contributed by atoms with Crippen molar-refractivity contribution >= 4 is 11.6 Å². The van der Waals surface area contributed by atoms with Gasteiger partial charge in [0, 0.05) is 16.8 Å². The molecule has 0 bridgehead atoms. The third kappa shape index (κ3) is 4.00. The summed E-state index contributed by atoms with van der Waals surface area (Å²) in [6, 6.07) is 15.0. The fourth-order valence-corrected chi connectivity index (χ4v) is 3.64. The summed E-state index contributed by atoms with van der Waals surface area (Å²) in [6.45, 7) is 0. The molecule has 6 nitrogen and oxygen atoms in total. The molecule has 6 heteroatoms. The van der Waals surface area contributed by atoms with Crippen molar-refractivity contribution in [1.82, 2.24) is 10.1 Å². The van der Waals surface area contributed by atoms with E-state index < -0.39 is 5.76 Å². The molecule has 3 aromatic rings. The number of aromatic nitrogens is 2. The zero-order valence-electron chi connectivity index (χ0n) is 14.9. The number of benzene rings is 2. The van der Waals surface area contributed by atoms with Gasteiger partial charge in [-0.25, -0.2) is 4.79 Å². The Morgan fingerprint density at radius 3 is 2.56 bits per heavy atom. The number of aromatic amines is 1. The van der Waals surface area contributed by atoms with Crippen molar-refractivity contribution in [3.05, 3.63) is 70.2 Å². The topological polar surface area (TPSA) is 88.0 Å². The monoisotopic (exact) mass is 363 g/mol. The summed E-state index contributed by atoms with van der Waals surface area (Å²) < 4.78 is 4.52. The molecule has 2 N–H and O–H groups in total. The SMILES string of the molecule is O=C(Nc1cccc(-c2noc(=O)[nH]2)c1)c1ccc(C2CCCCC2)cc1. The first-order chi connectivity index (χ1) is 13.2. The van der Waals surface area contributed by atoms with Crippen molar-refractivity contribution in [3.63, 3.8) is 0 Å². The highest BCUT2D eigenvalue weighted by atomic mass is 16.5. The van der Waals surface area contributed by atoms with E-state index in [-0.39, 0.29) is 5.91 Å². The Kier molecular flexibility index (Phi) is 4.87. The van der Waals surface area contributed by atoms with E-state index in [4.69, 9.17) is 0 Å². The second kappa shape index (κ2) is 7.61. The summed E-state index contributed by atoms with van der Waals surface area (Å²) in [4.78, 5) is 26.1. The minimum absolute atomic E-state index is 0.170. The number of carbonyl (C=O) groups is 1.